The van der Waals surface area contributed by atoms with Gasteiger partial charge >= 0.3 is 0 Å². The number of phenolic OH excluding ortho intramolecular Hbond substituents is 1. The average Bonchev–Trinajstić information content (AvgIpc) is 2.58. The van der Waals surface area contributed by atoms with E-state index in [4.69, 9.17) is 0 Å². The second-order valence-corrected chi connectivity index (χ2v) is 6.24. The maximum Gasteiger partial charge on any atom is 0.165 e. The molecule has 0 aliphatic carbocycles. The lowest BCUT2D eigenvalue weighted by molar-refractivity contribution is -0.118. The first kappa shape index (κ1) is 18.2. The summed E-state index contributed by atoms with van der Waals surface area (Å²) >= 11 is 0. The fourth-order valence-electron chi connectivity index (χ4n) is 2.74. The highest BCUT2D eigenvalue weighted by Gasteiger charge is 2.06. The molecule has 2 aromatic carbocycles. The molecule has 0 saturated heterocycles. The molecule has 0 bridgehead atoms. The summed E-state index contributed by atoms with van der Waals surface area (Å²) in [6.07, 6.45) is 6.88. The highest BCUT2D eigenvalue weighted by molar-refractivity contribution is 5.81. The van der Waals surface area contributed by atoms with Crippen LogP contribution in [-0.4, -0.2) is 10.9 Å². The molecule has 2 aromatic rings. The smallest absolute Gasteiger partial charge is 0.165 e. The monoisotopic (exact) mass is 328 g/mol. The van der Waals surface area contributed by atoms with E-state index in [1.54, 1.807) is 6.07 Å². The van der Waals surface area contributed by atoms with Gasteiger partial charge in [0.2, 0.25) is 0 Å². The Hall–Kier alpha value is -2.16. The Morgan fingerprint density at radius 3 is 2.29 bits per heavy atom. The van der Waals surface area contributed by atoms with Gasteiger partial charge in [-0.05, 0) is 35.2 Å². The van der Waals surface area contributed by atoms with Gasteiger partial charge in [-0.25, -0.2) is 4.39 Å². The summed E-state index contributed by atoms with van der Waals surface area (Å²) in [7, 11) is 0. The van der Waals surface area contributed by atoms with E-state index < -0.39 is 5.82 Å². The van der Waals surface area contributed by atoms with Crippen LogP contribution in [0.4, 0.5) is 4.39 Å². The number of unbranched alkanes of at least 4 members (excludes halogenated alkanes) is 4. The Labute approximate surface area is 143 Å². The number of aromatic hydroxyl groups is 1. The molecule has 128 valence electrons. The average molecular weight is 328 g/mol. The highest BCUT2D eigenvalue weighted by Crippen LogP contribution is 2.25. The summed E-state index contributed by atoms with van der Waals surface area (Å²) in [6.45, 7) is 2.18. The molecule has 0 saturated carbocycles. The van der Waals surface area contributed by atoms with Gasteiger partial charge in [-0.1, -0.05) is 62.9 Å². The molecule has 24 heavy (non-hydrogen) atoms. The number of phenols is 1. The molecular weight excluding hydrogens is 303 g/mol. The van der Waals surface area contributed by atoms with Crippen LogP contribution in [0.5, 0.6) is 5.75 Å². The van der Waals surface area contributed by atoms with E-state index in [-0.39, 0.29) is 11.5 Å². The predicted octanol–water partition coefficient (Wildman–Crippen LogP) is 5.67. The Kier molecular flexibility index (Phi) is 6.98. The third-order valence-electron chi connectivity index (χ3n) is 4.20. The zero-order valence-electron chi connectivity index (χ0n) is 14.2. The number of hydrogen-bond donors (Lipinski definition) is 1. The number of halogens is 1. The predicted molar refractivity (Wildman–Crippen MR) is 95.6 cm³/mol. The normalized spacial score (nSPS) is 10.8. The van der Waals surface area contributed by atoms with Crippen molar-refractivity contribution < 1.29 is 14.3 Å². The Bertz CT molecular complexity index is 662. The van der Waals surface area contributed by atoms with Crippen LogP contribution in [0, 0.1) is 5.82 Å². The van der Waals surface area contributed by atoms with Crippen LogP contribution in [0.3, 0.4) is 0 Å². The number of carbonyl (C=O) groups excluding carboxylic acids is 1. The van der Waals surface area contributed by atoms with Gasteiger partial charge in [0.1, 0.15) is 5.78 Å². The number of rotatable bonds is 9. The maximum atomic E-state index is 13.4. The van der Waals surface area contributed by atoms with Crippen LogP contribution in [0.15, 0.2) is 42.5 Å². The van der Waals surface area contributed by atoms with Crippen molar-refractivity contribution in [1.29, 1.82) is 0 Å². The van der Waals surface area contributed by atoms with Crippen molar-refractivity contribution in [2.45, 2.75) is 51.9 Å². The van der Waals surface area contributed by atoms with E-state index >= 15 is 0 Å². The highest BCUT2D eigenvalue weighted by atomic mass is 19.1. The van der Waals surface area contributed by atoms with Gasteiger partial charge < -0.3 is 5.11 Å². The van der Waals surface area contributed by atoms with Gasteiger partial charge in [0.05, 0.1) is 0 Å². The summed E-state index contributed by atoms with van der Waals surface area (Å²) < 4.78 is 13.4. The Morgan fingerprint density at radius 1 is 0.958 bits per heavy atom. The van der Waals surface area contributed by atoms with Crippen LogP contribution in [-0.2, 0) is 11.2 Å². The first-order chi connectivity index (χ1) is 11.6. The largest absolute Gasteiger partial charge is 0.505 e. The van der Waals surface area contributed by atoms with Gasteiger partial charge in [0.15, 0.2) is 11.6 Å². The minimum Gasteiger partial charge on any atom is -0.505 e. The van der Waals surface area contributed by atoms with E-state index in [0.717, 1.165) is 24.0 Å². The number of Topliss-reactive ketones (excluding diaryl/α,β-unsaturated/α-hetero) is 1. The minimum atomic E-state index is -0.630. The van der Waals surface area contributed by atoms with Crippen molar-refractivity contribution in [2.75, 3.05) is 0 Å². The lowest BCUT2D eigenvalue weighted by atomic mass is 10.00. The molecule has 0 atom stereocenters. The zero-order valence-corrected chi connectivity index (χ0v) is 14.2. The first-order valence-electron chi connectivity index (χ1n) is 8.69. The van der Waals surface area contributed by atoms with E-state index in [9.17, 15) is 14.3 Å². The van der Waals surface area contributed by atoms with Crippen LogP contribution in [0.2, 0.25) is 0 Å². The zero-order chi connectivity index (χ0) is 17.4. The molecule has 2 rings (SSSR count). The molecule has 0 radical (unpaired) electrons. The maximum absolute atomic E-state index is 13.4. The van der Waals surface area contributed by atoms with Gasteiger partial charge in [-0.3, -0.25) is 4.79 Å². The van der Waals surface area contributed by atoms with Crippen molar-refractivity contribution >= 4 is 5.78 Å². The van der Waals surface area contributed by atoms with Gasteiger partial charge in [-0.2, -0.15) is 0 Å². The number of benzene rings is 2. The molecule has 0 aromatic heterocycles. The molecule has 0 aliphatic heterocycles. The Balaban J connectivity index is 1.87. The molecule has 2 nitrogen and oxygen atoms in total. The molecule has 3 heteroatoms. The molecule has 0 aliphatic rings. The molecule has 0 heterocycles. The minimum absolute atomic E-state index is 0.273. The summed E-state index contributed by atoms with van der Waals surface area (Å²) in [6, 6.07) is 11.9. The molecule has 0 amide bonds. The van der Waals surface area contributed by atoms with Crippen molar-refractivity contribution in [3.05, 3.63) is 53.8 Å². The van der Waals surface area contributed by atoms with E-state index in [2.05, 4.69) is 6.92 Å². The van der Waals surface area contributed by atoms with Crippen molar-refractivity contribution in [1.82, 2.24) is 0 Å². The quantitative estimate of drug-likeness (QED) is 0.602. The fraction of sp³-hybridized carbons (Fsp3) is 0.381. The topological polar surface area (TPSA) is 37.3 Å². The molecular formula is C21H25FO2. The summed E-state index contributed by atoms with van der Waals surface area (Å²) in [5.41, 5.74) is 2.56. The number of hydrogen-bond acceptors (Lipinski definition) is 2. The van der Waals surface area contributed by atoms with Crippen molar-refractivity contribution in [2.24, 2.45) is 0 Å². The van der Waals surface area contributed by atoms with Crippen molar-refractivity contribution in [3.8, 4) is 16.9 Å². The van der Waals surface area contributed by atoms with Crippen LogP contribution < -0.4 is 0 Å². The SMILES string of the molecule is CCCCCCCC(=O)Cc1ccc(-c2ccc(O)c(F)c2)cc1. The van der Waals surface area contributed by atoms with E-state index in [1.165, 1.54) is 31.4 Å². The fourth-order valence-corrected chi connectivity index (χ4v) is 2.74. The second-order valence-electron chi connectivity index (χ2n) is 6.24. The molecule has 0 fully saturated rings. The first-order valence-corrected chi connectivity index (χ1v) is 8.69. The van der Waals surface area contributed by atoms with E-state index in [1.807, 2.05) is 24.3 Å². The van der Waals surface area contributed by atoms with Crippen LogP contribution in [0.25, 0.3) is 11.1 Å². The van der Waals surface area contributed by atoms with E-state index in [0.29, 0.717) is 18.4 Å². The third-order valence-corrected chi connectivity index (χ3v) is 4.20. The lowest BCUT2D eigenvalue weighted by Gasteiger charge is -2.06. The summed E-state index contributed by atoms with van der Waals surface area (Å²) in [5.74, 6) is -0.704. The summed E-state index contributed by atoms with van der Waals surface area (Å²) in [4.78, 5) is 12.0. The Morgan fingerprint density at radius 2 is 1.62 bits per heavy atom. The lowest BCUT2D eigenvalue weighted by Crippen LogP contribution is -2.02. The molecule has 0 spiro atoms. The van der Waals surface area contributed by atoms with Gasteiger partial charge in [0.25, 0.3) is 0 Å². The van der Waals surface area contributed by atoms with Crippen LogP contribution >= 0.6 is 0 Å². The van der Waals surface area contributed by atoms with Crippen molar-refractivity contribution in [3.63, 3.8) is 0 Å². The number of carbonyl (C=O) groups is 1. The van der Waals surface area contributed by atoms with Gasteiger partial charge in [0, 0.05) is 12.8 Å². The third kappa shape index (κ3) is 5.48. The molecule has 1 N–H and O–H groups in total. The molecule has 0 unspecified atom stereocenters. The standard InChI is InChI=1S/C21H25FO2/c1-2-3-4-5-6-7-19(23)14-16-8-10-17(11-9-16)18-12-13-21(24)20(22)15-18/h8-13,15,24H,2-7,14H2,1H3. The summed E-state index contributed by atoms with van der Waals surface area (Å²) in [5, 5.41) is 9.24. The van der Waals surface area contributed by atoms with Gasteiger partial charge in [-0.15, -0.1) is 0 Å². The van der Waals surface area contributed by atoms with Crippen LogP contribution in [0.1, 0.15) is 51.0 Å². The number of ketones is 1. The second kappa shape index (κ2) is 9.21.